The fourth-order valence-corrected chi connectivity index (χ4v) is 6.34. The minimum atomic E-state index is -0.285. The highest BCUT2D eigenvalue weighted by molar-refractivity contribution is 6.42. The summed E-state index contributed by atoms with van der Waals surface area (Å²) in [6.07, 6.45) is 0. The molecule has 3 atom stereocenters. The second-order valence-corrected chi connectivity index (χ2v) is 11.3. The minimum absolute atomic E-state index is 0.0108. The van der Waals surface area contributed by atoms with Gasteiger partial charge in [0, 0.05) is 44.3 Å². The quantitative estimate of drug-likeness (QED) is 0.611. The van der Waals surface area contributed by atoms with Gasteiger partial charge in [-0.3, -0.25) is 9.59 Å². The van der Waals surface area contributed by atoms with Crippen molar-refractivity contribution in [2.45, 2.75) is 32.9 Å². The van der Waals surface area contributed by atoms with Crippen molar-refractivity contribution in [3.05, 3.63) is 68.7 Å². The van der Waals surface area contributed by atoms with E-state index in [0.29, 0.717) is 59.7 Å². The van der Waals surface area contributed by atoms with Gasteiger partial charge in [-0.05, 0) is 62.1 Å². The molecule has 36 heavy (non-hydrogen) atoms. The van der Waals surface area contributed by atoms with E-state index in [9.17, 15) is 9.59 Å². The average Bonchev–Trinajstić information content (AvgIpc) is 3.31. The zero-order valence-corrected chi connectivity index (χ0v) is 22.6. The zero-order chi connectivity index (χ0) is 25.6. The van der Waals surface area contributed by atoms with Crippen molar-refractivity contribution in [2.75, 3.05) is 45.8 Å². The summed E-state index contributed by atoms with van der Waals surface area (Å²) < 4.78 is 0. The topological polar surface area (TPSA) is 55.9 Å². The van der Waals surface area contributed by atoms with E-state index in [-0.39, 0.29) is 17.9 Å². The molecular weight excluding hydrogens is 495 g/mol. The van der Waals surface area contributed by atoms with Crippen molar-refractivity contribution in [1.29, 1.82) is 0 Å². The number of fused-ring (bicyclic) bond motifs is 1. The Labute approximate surface area is 223 Å². The van der Waals surface area contributed by atoms with Gasteiger partial charge in [-0.15, -0.1) is 0 Å². The lowest BCUT2D eigenvalue weighted by Crippen LogP contribution is -2.54. The molecule has 1 N–H and O–H groups in total. The maximum atomic E-state index is 13.4. The number of likely N-dealkylation sites (tertiary alicyclic amines) is 1. The van der Waals surface area contributed by atoms with E-state index in [2.05, 4.69) is 23.2 Å². The minimum Gasteiger partial charge on any atom is -0.334 e. The van der Waals surface area contributed by atoms with Gasteiger partial charge in [0.2, 0.25) is 5.91 Å². The van der Waals surface area contributed by atoms with Crippen LogP contribution in [0.25, 0.3) is 0 Å². The summed E-state index contributed by atoms with van der Waals surface area (Å²) in [4.78, 5) is 33.1. The van der Waals surface area contributed by atoms with Crippen LogP contribution in [-0.2, 0) is 4.79 Å². The fourth-order valence-electron chi connectivity index (χ4n) is 6.03. The number of piperazine rings is 1. The van der Waals surface area contributed by atoms with E-state index in [0.717, 1.165) is 36.3 Å². The molecule has 2 amide bonds. The highest BCUT2D eigenvalue weighted by atomic mass is 35.5. The number of carbonyl (C=O) groups excluding carboxylic acids is 2. The number of nitrogens with zero attached hydrogens (tertiary/aromatic N) is 3. The first kappa shape index (κ1) is 25.5. The van der Waals surface area contributed by atoms with Crippen molar-refractivity contribution in [3.63, 3.8) is 0 Å². The van der Waals surface area contributed by atoms with Gasteiger partial charge in [0.25, 0.3) is 5.91 Å². The number of nitrogens with one attached hydrogen (secondary N) is 1. The number of benzene rings is 2. The Morgan fingerprint density at radius 1 is 0.944 bits per heavy atom. The molecule has 8 heteroatoms. The van der Waals surface area contributed by atoms with E-state index in [4.69, 9.17) is 23.2 Å². The van der Waals surface area contributed by atoms with E-state index < -0.39 is 0 Å². The number of hydrogen-bond acceptors (Lipinski definition) is 4. The molecule has 3 aliphatic rings. The van der Waals surface area contributed by atoms with Gasteiger partial charge in [0.05, 0.1) is 22.6 Å². The molecule has 6 nitrogen and oxygen atoms in total. The highest BCUT2D eigenvalue weighted by Gasteiger charge is 2.55. The number of rotatable bonds is 6. The fraction of sp³-hybridized carbons (Fsp3) is 0.500. The molecule has 192 valence electrons. The standard InChI is InChI=1S/C28H34Cl2N4O2/c1-4-32-14-21-22(15-32)27(21)31-13-26(35)34-8-7-33(28(36)20-10-17(2)9-18(3)11-20)16-25(34)19-5-6-23(29)24(30)12-19/h5-6,9-12,21-22,25,27,31H,4,7-8,13-16H2,1-3H3. The summed E-state index contributed by atoms with van der Waals surface area (Å²) in [5.74, 6) is 1.37. The maximum absolute atomic E-state index is 13.4. The van der Waals surface area contributed by atoms with Crippen molar-refractivity contribution < 1.29 is 9.59 Å². The second-order valence-electron chi connectivity index (χ2n) is 10.5. The van der Waals surface area contributed by atoms with Gasteiger partial charge < -0.3 is 20.0 Å². The Morgan fingerprint density at radius 2 is 1.64 bits per heavy atom. The number of amides is 2. The third-order valence-corrected chi connectivity index (χ3v) is 8.73. The molecule has 0 radical (unpaired) electrons. The van der Waals surface area contributed by atoms with Crippen molar-refractivity contribution in [2.24, 2.45) is 11.8 Å². The molecular formula is C28H34Cl2N4O2. The van der Waals surface area contributed by atoms with E-state index in [1.807, 2.05) is 47.9 Å². The molecule has 1 aliphatic carbocycles. The lowest BCUT2D eigenvalue weighted by Gasteiger charge is -2.42. The van der Waals surface area contributed by atoms with E-state index in [1.165, 1.54) is 0 Å². The zero-order valence-electron chi connectivity index (χ0n) is 21.1. The molecule has 0 spiro atoms. The van der Waals surface area contributed by atoms with Crippen LogP contribution in [0.5, 0.6) is 0 Å². The lowest BCUT2D eigenvalue weighted by molar-refractivity contribution is -0.135. The Morgan fingerprint density at radius 3 is 2.28 bits per heavy atom. The Balaban J connectivity index is 1.31. The molecule has 1 saturated carbocycles. The molecule has 2 aromatic rings. The van der Waals surface area contributed by atoms with Crippen molar-refractivity contribution in [1.82, 2.24) is 20.0 Å². The number of carbonyl (C=O) groups is 2. The normalized spacial score (nSPS) is 25.7. The van der Waals surface area contributed by atoms with Gasteiger partial charge in [-0.25, -0.2) is 0 Å². The Hall–Kier alpha value is -2.12. The summed E-state index contributed by atoms with van der Waals surface area (Å²) in [7, 11) is 0. The average molecular weight is 530 g/mol. The van der Waals surface area contributed by atoms with Gasteiger partial charge in [-0.1, -0.05) is 53.4 Å². The Bertz CT molecular complexity index is 1140. The van der Waals surface area contributed by atoms with Gasteiger partial charge in [0.1, 0.15) is 0 Å². The molecule has 2 saturated heterocycles. The molecule has 0 bridgehead atoms. The largest absolute Gasteiger partial charge is 0.334 e. The van der Waals surface area contributed by atoms with Crippen LogP contribution in [0.4, 0.5) is 0 Å². The summed E-state index contributed by atoms with van der Waals surface area (Å²) >= 11 is 12.5. The lowest BCUT2D eigenvalue weighted by atomic mass is 10.0. The van der Waals surface area contributed by atoms with Gasteiger partial charge in [-0.2, -0.15) is 0 Å². The summed E-state index contributed by atoms with van der Waals surface area (Å²) in [6, 6.07) is 11.6. The first-order valence-electron chi connectivity index (χ1n) is 12.8. The Kier molecular flexibility index (Phi) is 7.32. The smallest absolute Gasteiger partial charge is 0.254 e. The predicted octanol–water partition coefficient (Wildman–Crippen LogP) is 4.18. The molecule has 3 unspecified atom stereocenters. The molecule has 5 rings (SSSR count). The molecule has 3 fully saturated rings. The number of halogens is 2. The predicted molar refractivity (Wildman–Crippen MR) is 144 cm³/mol. The first-order chi connectivity index (χ1) is 17.2. The summed E-state index contributed by atoms with van der Waals surface area (Å²) in [5.41, 5.74) is 3.69. The summed E-state index contributed by atoms with van der Waals surface area (Å²) in [6.45, 7) is 11.2. The monoisotopic (exact) mass is 528 g/mol. The highest BCUT2D eigenvalue weighted by Crippen LogP contribution is 2.45. The van der Waals surface area contributed by atoms with Crippen LogP contribution in [0, 0.1) is 25.7 Å². The van der Waals surface area contributed by atoms with Crippen LogP contribution in [0.2, 0.25) is 10.0 Å². The number of piperidine rings is 1. The van der Waals surface area contributed by atoms with Crippen LogP contribution in [0.15, 0.2) is 36.4 Å². The van der Waals surface area contributed by atoms with Crippen LogP contribution in [-0.4, -0.2) is 78.4 Å². The number of hydrogen-bond donors (Lipinski definition) is 1. The van der Waals surface area contributed by atoms with E-state index >= 15 is 0 Å². The maximum Gasteiger partial charge on any atom is 0.254 e. The van der Waals surface area contributed by atoms with Crippen LogP contribution < -0.4 is 5.32 Å². The molecule has 2 aromatic carbocycles. The van der Waals surface area contributed by atoms with E-state index in [1.54, 1.807) is 6.07 Å². The van der Waals surface area contributed by atoms with Crippen LogP contribution in [0.1, 0.15) is 40.0 Å². The van der Waals surface area contributed by atoms with Crippen LogP contribution in [0.3, 0.4) is 0 Å². The second kappa shape index (κ2) is 10.3. The molecule has 2 heterocycles. The SMILES string of the molecule is CCN1CC2C(C1)C2NCC(=O)N1CCN(C(=O)c2cc(C)cc(C)c2)CC1c1ccc(Cl)c(Cl)c1. The first-order valence-corrected chi connectivity index (χ1v) is 13.6. The third kappa shape index (κ3) is 5.14. The van der Waals surface area contributed by atoms with Crippen molar-refractivity contribution in [3.8, 4) is 0 Å². The number of aryl methyl sites for hydroxylation is 2. The van der Waals surface area contributed by atoms with Gasteiger partial charge in [0.15, 0.2) is 0 Å². The molecule has 0 aromatic heterocycles. The van der Waals surface area contributed by atoms with Crippen LogP contribution >= 0.6 is 23.2 Å². The van der Waals surface area contributed by atoms with Gasteiger partial charge >= 0.3 is 0 Å². The summed E-state index contributed by atoms with van der Waals surface area (Å²) in [5, 5.41) is 4.44. The third-order valence-electron chi connectivity index (χ3n) is 7.99. The molecule has 2 aliphatic heterocycles. The van der Waals surface area contributed by atoms with Crippen molar-refractivity contribution >= 4 is 35.0 Å².